The summed E-state index contributed by atoms with van der Waals surface area (Å²) in [4.78, 5) is 12.1. The van der Waals surface area contributed by atoms with Gasteiger partial charge >= 0.3 is 0 Å². The van der Waals surface area contributed by atoms with Crippen LogP contribution in [0, 0.1) is 6.92 Å². The summed E-state index contributed by atoms with van der Waals surface area (Å²) in [6.07, 6.45) is 0. The fourth-order valence-electron chi connectivity index (χ4n) is 1.66. The molecule has 0 aliphatic carbocycles. The average molecular weight is 277 g/mol. The molecule has 0 unspecified atom stereocenters. The van der Waals surface area contributed by atoms with Gasteiger partial charge in [-0.15, -0.1) is 0 Å². The van der Waals surface area contributed by atoms with Crippen molar-refractivity contribution in [1.29, 1.82) is 0 Å². The van der Waals surface area contributed by atoms with Gasteiger partial charge in [-0.3, -0.25) is 4.79 Å². The number of aryl methyl sites for hydroxylation is 1. The van der Waals surface area contributed by atoms with Crippen LogP contribution in [0.15, 0.2) is 36.4 Å². The lowest BCUT2D eigenvalue weighted by Crippen LogP contribution is -2.12. The summed E-state index contributed by atoms with van der Waals surface area (Å²) in [6, 6.07) is 9.60. The third-order valence-corrected chi connectivity index (χ3v) is 2.96. The quantitative estimate of drug-likeness (QED) is 0.737. The van der Waals surface area contributed by atoms with Gasteiger partial charge in [-0.1, -0.05) is 23.2 Å². The molecule has 0 saturated heterocycles. The van der Waals surface area contributed by atoms with Gasteiger partial charge in [0.05, 0.1) is 16.3 Å². The van der Waals surface area contributed by atoms with Gasteiger partial charge < -0.3 is 16.2 Å². The number of hydrogen-bond acceptors (Lipinski definition) is 3. The number of hydrogen-bond donors (Lipinski definition) is 3. The molecular weight excluding hydrogens is 264 g/mol. The number of benzene rings is 2. The van der Waals surface area contributed by atoms with Crippen LogP contribution in [0.5, 0.6) is 5.75 Å². The van der Waals surface area contributed by atoms with Crippen LogP contribution in [0.2, 0.25) is 5.02 Å². The van der Waals surface area contributed by atoms with Gasteiger partial charge in [-0.2, -0.15) is 0 Å². The first kappa shape index (κ1) is 13.2. The van der Waals surface area contributed by atoms with E-state index in [9.17, 15) is 9.90 Å². The maximum atomic E-state index is 12.1. The molecular formula is C14H13ClN2O2. The molecule has 0 aliphatic heterocycles. The van der Waals surface area contributed by atoms with E-state index in [1.807, 2.05) is 6.92 Å². The van der Waals surface area contributed by atoms with Gasteiger partial charge in [0.1, 0.15) is 5.75 Å². The Kier molecular flexibility index (Phi) is 3.62. The molecule has 2 aromatic carbocycles. The summed E-state index contributed by atoms with van der Waals surface area (Å²) < 4.78 is 0. The normalized spacial score (nSPS) is 10.2. The summed E-state index contributed by atoms with van der Waals surface area (Å²) in [6.45, 7) is 1.84. The van der Waals surface area contributed by atoms with Crippen molar-refractivity contribution < 1.29 is 9.90 Å². The van der Waals surface area contributed by atoms with Gasteiger partial charge in [0.2, 0.25) is 0 Å². The lowest BCUT2D eigenvalue weighted by atomic mass is 10.1. The number of nitrogen functional groups attached to an aromatic ring is 1. The SMILES string of the molecule is Cc1ccc(O)c(C(=O)Nc2cc(N)ccc2Cl)c1. The highest BCUT2D eigenvalue weighted by Crippen LogP contribution is 2.26. The molecule has 0 heterocycles. The Morgan fingerprint density at radius 1 is 1.26 bits per heavy atom. The maximum absolute atomic E-state index is 12.1. The number of amides is 1. The molecule has 0 radical (unpaired) electrons. The number of aromatic hydroxyl groups is 1. The number of anilines is 2. The Morgan fingerprint density at radius 3 is 2.74 bits per heavy atom. The molecule has 2 rings (SSSR count). The molecule has 4 N–H and O–H groups in total. The van der Waals surface area contributed by atoms with E-state index in [1.165, 1.54) is 6.07 Å². The Labute approximate surface area is 115 Å². The molecule has 0 aliphatic rings. The first-order valence-corrected chi connectivity index (χ1v) is 6.01. The molecule has 0 atom stereocenters. The second-order valence-electron chi connectivity index (χ2n) is 4.21. The predicted octanol–water partition coefficient (Wildman–Crippen LogP) is 3.19. The molecule has 2 aromatic rings. The number of carbonyl (C=O) groups excluding carboxylic acids is 1. The molecule has 4 nitrogen and oxygen atoms in total. The highest BCUT2D eigenvalue weighted by Gasteiger charge is 2.13. The molecule has 0 saturated carbocycles. The zero-order chi connectivity index (χ0) is 14.0. The zero-order valence-corrected chi connectivity index (χ0v) is 11.0. The number of halogens is 1. The lowest BCUT2D eigenvalue weighted by Gasteiger charge is -2.09. The lowest BCUT2D eigenvalue weighted by molar-refractivity contribution is 0.102. The molecule has 19 heavy (non-hydrogen) atoms. The molecule has 1 amide bonds. The van der Waals surface area contributed by atoms with Gasteiger partial charge in [-0.05, 0) is 37.3 Å². The Balaban J connectivity index is 2.30. The van der Waals surface area contributed by atoms with E-state index in [2.05, 4.69) is 5.32 Å². The maximum Gasteiger partial charge on any atom is 0.259 e. The van der Waals surface area contributed by atoms with Crippen LogP contribution in [-0.2, 0) is 0 Å². The average Bonchev–Trinajstić information content (AvgIpc) is 2.36. The van der Waals surface area contributed by atoms with E-state index in [0.717, 1.165) is 5.56 Å². The third-order valence-electron chi connectivity index (χ3n) is 2.64. The van der Waals surface area contributed by atoms with E-state index >= 15 is 0 Å². The second kappa shape index (κ2) is 5.20. The number of nitrogens with two attached hydrogens (primary N) is 1. The minimum absolute atomic E-state index is 0.0804. The van der Waals surface area contributed by atoms with Crippen molar-refractivity contribution in [2.75, 3.05) is 11.1 Å². The third kappa shape index (κ3) is 2.98. The van der Waals surface area contributed by atoms with Crippen molar-refractivity contribution in [3.63, 3.8) is 0 Å². The van der Waals surface area contributed by atoms with Gasteiger partial charge in [0, 0.05) is 5.69 Å². The molecule has 0 fully saturated rings. The smallest absolute Gasteiger partial charge is 0.259 e. The van der Waals surface area contributed by atoms with Crippen LogP contribution >= 0.6 is 11.6 Å². The Morgan fingerprint density at radius 2 is 2.00 bits per heavy atom. The monoisotopic (exact) mass is 276 g/mol. The number of phenolic OH excluding ortho intramolecular Hbond substituents is 1. The first-order chi connectivity index (χ1) is 8.97. The standard InChI is InChI=1S/C14H13ClN2O2/c1-8-2-5-13(18)10(6-8)14(19)17-12-7-9(16)3-4-11(12)15/h2-7,18H,16H2,1H3,(H,17,19). The van der Waals surface area contributed by atoms with E-state index in [4.69, 9.17) is 17.3 Å². The summed E-state index contributed by atoms with van der Waals surface area (Å²) in [5.41, 5.74) is 7.61. The van der Waals surface area contributed by atoms with Crippen molar-refractivity contribution in [2.45, 2.75) is 6.92 Å². The van der Waals surface area contributed by atoms with Crippen molar-refractivity contribution in [2.24, 2.45) is 0 Å². The number of nitrogens with one attached hydrogen (secondary N) is 1. The van der Waals surface area contributed by atoms with E-state index in [-0.39, 0.29) is 11.3 Å². The van der Waals surface area contributed by atoms with E-state index in [1.54, 1.807) is 30.3 Å². The number of phenols is 1. The van der Waals surface area contributed by atoms with Crippen molar-refractivity contribution in [3.05, 3.63) is 52.5 Å². The summed E-state index contributed by atoms with van der Waals surface area (Å²) in [5, 5.41) is 12.7. The highest BCUT2D eigenvalue weighted by atomic mass is 35.5. The van der Waals surface area contributed by atoms with Crippen LogP contribution in [0.4, 0.5) is 11.4 Å². The highest BCUT2D eigenvalue weighted by molar-refractivity contribution is 6.34. The fourth-order valence-corrected chi connectivity index (χ4v) is 1.82. The molecule has 5 heteroatoms. The van der Waals surface area contributed by atoms with Crippen LogP contribution in [0.3, 0.4) is 0 Å². The predicted molar refractivity (Wildman–Crippen MR) is 76.7 cm³/mol. The topological polar surface area (TPSA) is 75.3 Å². The largest absolute Gasteiger partial charge is 0.507 e. The fraction of sp³-hybridized carbons (Fsp3) is 0.0714. The van der Waals surface area contributed by atoms with Crippen molar-refractivity contribution >= 4 is 28.9 Å². The van der Waals surface area contributed by atoms with Gasteiger partial charge in [-0.25, -0.2) is 0 Å². The summed E-state index contributed by atoms with van der Waals surface area (Å²) in [5.74, 6) is -0.517. The van der Waals surface area contributed by atoms with Gasteiger partial charge in [0.15, 0.2) is 0 Å². The first-order valence-electron chi connectivity index (χ1n) is 5.63. The van der Waals surface area contributed by atoms with Crippen LogP contribution in [0.25, 0.3) is 0 Å². The van der Waals surface area contributed by atoms with Gasteiger partial charge in [0.25, 0.3) is 5.91 Å². The summed E-state index contributed by atoms with van der Waals surface area (Å²) in [7, 11) is 0. The van der Waals surface area contributed by atoms with Crippen molar-refractivity contribution in [1.82, 2.24) is 0 Å². The Hall–Kier alpha value is -2.20. The van der Waals surface area contributed by atoms with Crippen molar-refractivity contribution in [3.8, 4) is 5.75 Å². The second-order valence-corrected chi connectivity index (χ2v) is 4.62. The van der Waals surface area contributed by atoms with Crippen LogP contribution in [0.1, 0.15) is 15.9 Å². The Bertz CT molecular complexity index is 641. The number of rotatable bonds is 2. The molecule has 0 aromatic heterocycles. The minimum Gasteiger partial charge on any atom is -0.507 e. The molecule has 98 valence electrons. The van der Waals surface area contributed by atoms with Crippen LogP contribution < -0.4 is 11.1 Å². The minimum atomic E-state index is -0.436. The van der Waals surface area contributed by atoms with E-state index in [0.29, 0.717) is 16.4 Å². The molecule has 0 bridgehead atoms. The summed E-state index contributed by atoms with van der Waals surface area (Å²) >= 11 is 5.97. The van der Waals surface area contributed by atoms with E-state index < -0.39 is 5.91 Å². The number of carbonyl (C=O) groups is 1. The zero-order valence-electron chi connectivity index (χ0n) is 10.3. The van der Waals surface area contributed by atoms with Crippen LogP contribution in [-0.4, -0.2) is 11.0 Å². The molecule has 0 spiro atoms.